The molecule has 1 amide bonds. The molecule has 1 heterocycles. The Morgan fingerprint density at radius 2 is 1.94 bits per heavy atom. The van der Waals surface area contributed by atoms with Gasteiger partial charge in [0, 0.05) is 24.7 Å². The van der Waals surface area contributed by atoms with E-state index >= 15 is 0 Å². The molecule has 0 spiro atoms. The lowest BCUT2D eigenvalue weighted by Gasteiger charge is -2.40. The molecule has 0 bridgehead atoms. The summed E-state index contributed by atoms with van der Waals surface area (Å²) in [6.07, 6.45) is 1.74. The smallest absolute Gasteiger partial charge is 0.407 e. The molecule has 16 heavy (non-hydrogen) atoms. The van der Waals surface area contributed by atoms with Crippen LogP contribution in [-0.2, 0) is 4.74 Å². The van der Waals surface area contributed by atoms with Crippen LogP contribution < -0.4 is 5.32 Å². The van der Waals surface area contributed by atoms with Gasteiger partial charge in [-0.05, 0) is 40.5 Å². The normalized spacial score (nSPS) is 19.5. The SMILES string of the molecule is CCOC(=O)NC1CCN(C(C)(C)C)CC1. The Balaban J connectivity index is 2.30. The molecule has 0 saturated carbocycles. The molecular formula is C12H24N2O2. The van der Waals surface area contributed by atoms with Gasteiger partial charge in [0.2, 0.25) is 0 Å². The molecule has 0 radical (unpaired) electrons. The first-order valence-electron chi connectivity index (χ1n) is 6.12. The number of alkyl carbamates (subject to hydrolysis) is 1. The zero-order chi connectivity index (χ0) is 12.2. The first-order valence-corrected chi connectivity index (χ1v) is 6.12. The second kappa shape index (κ2) is 5.53. The maximum absolute atomic E-state index is 11.2. The average Bonchev–Trinajstić information content (AvgIpc) is 2.17. The van der Waals surface area contributed by atoms with E-state index in [4.69, 9.17) is 4.74 Å². The maximum atomic E-state index is 11.2. The largest absolute Gasteiger partial charge is 0.450 e. The molecule has 1 aliphatic rings. The molecule has 0 aromatic carbocycles. The number of nitrogens with one attached hydrogen (secondary N) is 1. The molecule has 0 atom stereocenters. The van der Waals surface area contributed by atoms with Gasteiger partial charge in [0.25, 0.3) is 0 Å². The molecule has 4 nitrogen and oxygen atoms in total. The highest BCUT2D eigenvalue weighted by atomic mass is 16.5. The Morgan fingerprint density at radius 3 is 2.38 bits per heavy atom. The van der Waals surface area contributed by atoms with Crippen LogP contribution in [0.2, 0.25) is 0 Å². The van der Waals surface area contributed by atoms with E-state index in [1.54, 1.807) is 0 Å². The molecule has 1 aliphatic heterocycles. The Hall–Kier alpha value is -0.770. The monoisotopic (exact) mass is 228 g/mol. The lowest BCUT2D eigenvalue weighted by molar-refractivity contribution is 0.0914. The summed E-state index contributed by atoms with van der Waals surface area (Å²) in [4.78, 5) is 13.7. The number of hydrogen-bond acceptors (Lipinski definition) is 3. The standard InChI is InChI=1S/C12H24N2O2/c1-5-16-11(15)13-10-6-8-14(9-7-10)12(2,3)4/h10H,5-9H2,1-4H3,(H,13,15). The van der Waals surface area contributed by atoms with Gasteiger partial charge in [0.15, 0.2) is 0 Å². The van der Waals surface area contributed by atoms with Gasteiger partial charge in [-0.1, -0.05) is 0 Å². The first-order chi connectivity index (χ1) is 7.43. The number of carbonyl (C=O) groups excluding carboxylic acids is 1. The minimum atomic E-state index is -0.281. The zero-order valence-corrected chi connectivity index (χ0v) is 10.9. The van der Waals surface area contributed by atoms with E-state index in [9.17, 15) is 4.79 Å². The van der Waals surface area contributed by atoms with E-state index in [0.717, 1.165) is 25.9 Å². The molecule has 1 N–H and O–H groups in total. The van der Waals surface area contributed by atoms with Crippen LogP contribution in [0.5, 0.6) is 0 Å². The number of carbonyl (C=O) groups is 1. The van der Waals surface area contributed by atoms with Gasteiger partial charge in [-0.25, -0.2) is 4.79 Å². The molecule has 1 fully saturated rings. The summed E-state index contributed by atoms with van der Waals surface area (Å²) in [5.41, 5.74) is 0.231. The highest BCUT2D eigenvalue weighted by Crippen LogP contribution is 2.19. The Bertz CT molecular complexity index is 228. The number of rotatable bonds is 2. The fraction of sp³-hybridized carbons (Fsp3) is 0.917. The van der Waals surface area contributed by atoms with Gasteiger partial charge in [-0.2, -0.15) is 0 Å². The van der Waals surface area contributed by atoms with Gasteiger partial charge >= 0.3 is 6.09 Å². The van der Waals surface area contributed by atoms with Crippen LogP contribution in [0.3, 0.4) is 0 Å². The summed E-state index contributed by atoms with van der Waals surface area (Å²) in [5, 5.41) is 2.90. The van der Waals surface area contributed by atoms with E-state index in [0.29, 0.717) is 6.61 Å². The van der Waals surface area contributed by atoms with Crippen LogP contribution in [0.1, 0.15) is 40.5 Å². The van der Waals surface area contributed by atoms with Crippen molar-refractivity contribution < 1.29 is 9.53 Å². The number of hydrogen-bond donors (Lipinski definition) is 1. The van der Waals surface area contributed by atoms with Crippen LogP contribution >= 0.6 is 0 Å². The second-order valence-corrected chi connectivity index (χ2v) is 5.30. The molecule has 0 aliphatic carbocycles. The quantitative estimate of drug-likeness (QED) is 0.786. The predicted molar refractivity (Wildman–Crippen MR) is 64.5 cm³/mol. The van der Waals surface area contributed by atoms with Gasteiger partial charge < -0.3 is 10.1 Å². The Kier molecular flexibility index (Phi) is 4.59. The minimum Gasteiger partial charge on any atom is -0.450 e. The number of amides is 1. The van der Waals surface area contributed by atoms with E-state index in [2.05, 4.69) is 31.0 Å². The van der Waals surface area contributed by atoms with Crippen molar-refractivity contribution in [2.45, 2.75) is 52.1 Å². The van der Waals surface area contributed by atoms with Crippen molar-refractivity contribution in [2.75, 3.05) is 19.7 Å². The van der Waals surface area contributed by atoms with Crippen LogP contribution in [0.25, 0.3) is 0 Å². The van der Waals surface area contributed by atoms with E-state index < -0.39 is 0 Å². The predicted octanol–water partition coefficient (Wildman–Crippen LogP) is 2.00. The fourth-order valence-electron chi connectivity index (χ4n) is 2.03. The van der Waals surface area contributed by atoms with E-state index in [1.165, 1.54) is 0 Å². The third-order valence-corrected chi connectivity index (χ3v) is 3.04. The highest BCUT2D eigenvalue weighted by Gasteiger charge is 2.27. The van der Waals surface area contributed by atoms with Gasteiger partial charge in [0.1, 0.15) is 0 Å². The third kappa shape index (κ3) is 4.00. The first kappa shape index (κ1) is 13.3. The average molecular weight is 228 g/mol. The van der Waals surface area contributed by atoms with E-state index in [1.807, 2.05) is 6.92 Å². The number of ether oxygens (including phenoxy) is 1. The molecule has 1 saturated heterocycles. The van der Waals surface area contributed by atoms with Crippen molar-refractivity contribution in [3.05, 3.63) is 0 Å². The maximum Gasteiger partial charge on any atom is 0.407 e. The van der Waals surface area contributed by atoms with Gasteiger partial charge in [0.05, 0.1) is 6.61 Å². The van der Waals surface area contributed by atoms with Crippen molar-refractivity contribution >= 4 is 6.09 Å². The summed E-state index contributed by atoms with van der Waals surface area (Å²) in [5.74, 6) is 0. The fourth-order valence-corrected chi connectivity index (χ4v) is 2.03. The zero-order valence-electron chi connectivity index (χ0n) is 10.9. The summed E-state index contributed by atoms with van der Waals surface area (Å²) < 4.78 is 4.88. The molecular weight excluding hydrogens is 204 g/mol. The van der Waals surface area contributed by atoms with Crippen molar-refractivity contribution in [1.29, 1.82) is 0 Å². The molecule has 1 rings (SSSR count). The number of nitrogens with zero attached hydrogens (tertiary/aromatic N) is 1. The summed E-state index contributed by atoms with van der Waals surface area (Å²) >= 11 is 0. The lowest BCUT2D eigenvalue weighted by Crippen LogP contribution is -2.50. The van der Waals surface area contributed by atoms with Crippen LogP contribution in [0.15, 0.2) is 0 Å². The molecule has 94 valence electrons. The molecule has 0 unspecified atom stereocenters. The van der Waals surface area contributed by atoms with Crippen molar-refractivity contribution in [1.82, 2.24) is 10.2 Å². The minimum absolute atomic E-state index is 0.231. The summed E-state index contributed by atoms with van der Waals surface area (Å²) in [6.45, 7) is 11.0. The number of likely N-dealkylation sites (tertiary alicyclic amines) is 1. The van der Waals surface area contributed by atoms with E-state index in [-0.39, 0.29) is 17.7 Å². The van der Waals surface area contributed by atoms with Crippen LogP contribution in [-0.4, -0.2) is 42.3 Å². The Morgan fingerprint density at radius 1 is 1.38 bits per heavy atom. The molecule has 0 aromatic rings. The second-order valence-electron chi connectivity index (χ2n) is 5.30. The highest BCUT2D eigenvalue weighted by molar-refractivity contribution is 5.67. The van der Waals surface area contributed by atoms with Gasteiger partial charge in [-0.15, -0.1) is 0 Å². The van der Waals surface area contributed by atoms with Crippen LogP contribution in [0, 0.1) is 0 Å². The van der Waals surface area contributed by atoms with Crippen molar-refractivity contribution in [3.63, 3.8) is 0 Å². The van der Waals surface area contributed by atoms with Crippen molar-refractivity contribution in [2.24, 2.45) is 0 Å². The topological polar surface area (TPSA) is 41.6 Å². The molecule has 4 heteroatoms. The summed E-state index contributed by atoms with van der Waals surface area (Å²) in [7, 11) is 0. The third-order valence-electron chi connectivity index (χ3n) is 3.04. The Labute approximate surface area is 98.3 Å². The molecule has 0 aromatic heterocycles. The van der Waals surface area contributed by atoms with Gasteiger partial charge in [-0.3, -0.25) is 4.90 Å². The van der Waals surface area contributed by atoms with Crippen LogP contribution in [0.4, 0.5) is 4.79 Å². The number of piperidine rings is 1. The summed E-state index contributed by atoms with van der Waals surface area (Å²) in [6, 6.07) is 0.276. The van der Waals surface area contributed by atoms with Crippen molar-refractivity contribution in [3.8, 4) is 0 Å². The lowest BCUT2D eigenvalue weighted by atomic mass is 9.98.